The van der Waals surface area contributed by atoms with Crippen LogP contribution in [-0.2, 0) is 11.3 Å². The van der Waals surface area contributed by atoms with Crippen molar-refractivity contribution in [3.8, 4) is 0 Å². The first-order valence-corrected chi connectivity index (χ1v) is 8.74. The highest BCUT2D eigenvalue weighted by molar-refractivity contribution is 7.10. The van der Waals surface area contributed by atoms with Crippen LogP contribution in [0.4, 0.5) is 0 Å². The lowest BCUT2D eigenvalue weighted by atomic mass is 10.1. The van der Waals surface area contributed by atoms with Crippen LogP contribution in [-0.4, -0.2) is 36.3 Å². The molecule has 0 bridgehead atoms. The third kappa shape index (κ3) is 4.40. The van der Waals surface area contributed by atoms with Crippen molar-refractivity contribution in [2.24, 2.45) is 5.92 Å². The topological polar surface area (TPSA) is 32.7 Å². The average molecular weight is 317 g/mol. The zero-order valence-corrected chi connectivity index (χ0v) is 13.5. The van der Waals surface area contributed by atoms with Crippen molar-refractivity contribution < 1.29 is 9.84 Å². The number of thiophene rings is 1. The summed E-state index contributed by atoms with van der Waals surface area (Å²) in [7, 11) is 0. The molecule has 1 aromatic heterocycles. The summed E-state index contributed by atoms with van der Waals surface area (Å²) < 4.78 is 5.50. The van der Waals surface area contributed by atoms with Crippen LogP contribution < -0.4 is 0 Å². The molecule has 1 N–H and O–H groups in total. The van der Waals surface area contributed by atoms with Crippen molar-refractivity contribution in [3.63, 3.8) is 0 Å². The number of benzene rings is 1. The number of hydrogen-bond donors (Lipinski definition) is 1. The fourth-order valence-electron chi connectivity index (χ4n) is 2.95. The molecule has 1 aliphatic rings. The molecule has 2 aromatic rings. The van der Waals surface area contributed by atoms with Crippen LogP contribution in [0.2, 0.25) is 0 Å². The second kappa shape index (κ2) is 7.88. The highest BCUT2D eigenvalue weighted by Gasteiger charge is 2.22. The molecule has 0 radical (unpaired) electrons. The minimum atomic E-state index is -0.411. The SMILES string of the molecule is O[C@@H](CN(Cc1ccccc1)C[C@@H]1CCOC1)c1cccs1. The summed E-state index contributed by atoms with van der Waals surface area (Å²) in [6.07, 6.45) is 0.714. The van der Waals surface area contributed by atoms with E-state index in [-0.39, 0.29) is 0 Å². The summed E-state index contributed by atoms with van der Waals surface area (Å²) in [6.45, 7) is 4.25. The maximum absolute atomic E-state index is 10.5. The van der Waals surface area contributed by atoms with E-state index in [2.05, 4.69) is 29.2 Å². The van der Waals surface area contributed by atoms with E-state index >= 15 is 0 Å². The maximum Gasteiger partial charge on any atom is 0.101 e. The van der Waals surface area contributed by atoms with Crippen LogP contribution in [0.5, 0.6) is 0 Å². The summed E-state index contributed by atoms with van der Waals surface area (Å²) in [5, 5.41) is 12.5. The Hall–Kier alpha value is -1.20. The average Bonchev–Trinajstić information content (AvgIpc) is 3.21. The summed E-state index contributed by atoms with van der Waals surface area (Å²) >= 11 is 1.62. The van der Waals surface area contributed by atoms with Crippen molar-refractivity contribution in [1.82, 2.24) is 4.90 Å². The molecule has 0 saturated carbocycles. The molecule has 0 spiro atoms. The van der Waals surface area contributed by atoms with Gasteiger partial charge in [-0.2, -0.15) is 0 Å². The number of hydrogen-bond acceptors (Lipinski definition) is 4. The van der Waals surface area contributed by atoms with E-state index < -0.39 is 6.10 Å². The predicted octanol–water partition coefficient (Wildman–Crippen LogP) is 3.32. The monoisotopic (exact) mass is 317 g/mol. The van der Waals surface area contributed by atoms with Crippen molar-refractivity contribution in [2.75, 3.05) is 26.3 Å². The van der Waals surface area contributed by atoms with Crippen LogP contribution >= 0.6 is 11.3 Å². The summed E-state index contributed by atoms with van der Waals surface area (Å²) in [4.78, 5) is 3.40. The van der Waals surface area contributed by atoms with Gasteiger partial charge in [0.15, 0.2) is 0 Å². The first-order valence-electron chi connectivity index (χ1n) is 7.87. The largest absolute Gasteiger partial charge is 0.386 e. The molecule has 2 atom stereocenters. The number of rotatable bonds is 7. The van der Waals surface area contributed by atoms with Crippen molar-refractivity contribution in [3.05, 3.63) is 58.3 Å². The van der Waals surface area contributed by atoms with Crippen molar-refractivity contribution in [2.45, 2.75) is 19.1 Å². The molecular weight excluding hydrogens is 294 g/mol. The van der Waals surface area contributed by atoms with Gasteiger partial charge >= 0.3 is 0 Å². The molecule has 3 rings (SSSR count). The number of ether oxygens (including phenoxy) is 1. The van der Waals surface area contributed by atoms with Gasteiger partial charge in [0.1, 0.15) is 6.10 Å². The molecule has 0 amide bonds. The van der Waals surface area contributed by atoms with Crippen molar-refractivity contribution >= 4 is 11.3 Å². The third-order valence-electron chi connectivity index (χ3n) is 4.09. The van der Waals surface area contributed by atoms with E-state index in [0.717, 1.165) is 37.6 Å². The van der Waals surface area contributed by atoms with Gasteiger partial charge in [0.2, 0.25) is 0 Å². The third-order valence-corrected chi connectivity index (χ3v) is 5.07. The van der Waals surface area contributed by atoms with Crippen LogP contribution in [0.1, 0.15) is 23.0 Å². The van der Waals surface area contributed by atoms with Crippen LogP contribution in [0.15, 0.2) is 47.8 Å². The Morgan fingerprint density at radius 1 is 1.23 bits per heavy atom. The van der Waals surface area contributed by atoms with Gasteiger partial charge in [-0.15, -0.1) is 11.3 Å². The fourth-order valence-corrected chi connectivity index (χ4v) is 3.66. The fraction of sp³-hybridized carbons (Fsp3) is 0.444. The zero-order valence-electron chi connectivity index (χ0n) is 12.7. The van der Waals surface area contributed by atoms with Crippen LogP contribution in [0.3, 0.4) is 0 Å². The summed E-state index contributed by atoms with van der Waals surface area (Å²) in [6, 6.07) is 14.5. The van der Waals surface area contributed by atoms with Crippen LogP contribution in [0.25, 0.3) is 0 Å². The minimum absolute atomic E-state index is 0.411. The normalized spacial score (nSPS) is 19.6. The second-order valence-corrected chi connectivity index (χ2v) is 6.92. The molecule has 0 unspecified atom stereocenters. The van der Waals surface area contributed by atoms with Gasteiger partial charge in [-0.1, -0.05) is 36.4 Å². The van der Waals surface area contributed by atoms with Gasteiger partial charge in [-0.3, -0.25) is 4.90 Å². The van der Waals surface area contributed by atoms with E-state index in [4.69, 9.17) is 4.74 Å². The smallest absolute Gasteiger partial charge is 0.101 e. The van der Waals surface area contributed by atoms with E-state index in [0.29, 0.717) is 12.5 Å². The number of nitrogens with zero attached hydrogens (tertiary/aromatic N) is 1. The molecular formula is C18H23NO2S. The van der Waals surface area contributed by atoms with E-state index in [1.807, 2.05) is 23.6 Å². The molecule has 22 heavy (non-hydrogen) atoms. The Morgan fingerprint density at radius 2 is 2.09 bits per heavy atom. The molecule has 4 heteroatoms. The molecule has 1 saturated heterocycles. The number of aliphatic hydroxyl groups is 1. The maximum atomic E-state index is 10.5. The molecule has 1 aliphatic heterocycles. The van der Waals surface area contributed by atoms with Gasteiger partial charge < -0.3 is 9.84 Å². The van der Waals surface area contributed by atoms with Gasteiger partial charge in [-0.25, -0.2) is 0 Å². The molecule has 3 nitrogen and oxygen atoms in total. The Morgan fingerprint density at radius 3 is 2.77 bits per heavy atom. The second-order valence-electron chi connectivity index (χ2n) is 5.94. The molecule has 1 aromatic carbocycles. The minimum Gasteiger partial charge on any atom is -0.386 e. The Bertz CT molecular complexity index is 537. The summed E-state index contributed by atoms with van der Waals surface area (Å²) in [5.41, 5.74) is 1.29. The Balaban J connectivity index is 1.64. The first-order chi connectivity index (χ1) is 10.8. The van der Waals surface area contributed by atoms with Gasteiger partial charge in [0, 0.05) is 31.1 Å². The lowest BCUT2D eigenvalue weighted by Crippen LogP contribution is -2.33. The molecule has 118 valence electrons. The predicted molar refractivity (Wildman–Crippen MR) is 89.9 cm³/mol. The van der Waals surface area contributed by atoms with Crippen LogP contribution in [0, 0.1) is 5.92 Å². The zero-order chi connectivity index (χ0) is 15.2. The van der Waals surface area contributed by atoms with Gasteiger partial charge in [0.25, 0.3) is 0 Å². The highest BCUT2D eigenvalue weighted by atomic mass is 32.1. The summed E-state index contributed by atoms with van der Waals surface area (Å²) in [5.74, 6) is 0.583. The van der Waals surface area contributed by atoms with E-state index in [9.17, 15) is 5.11 Å². The Kier molecular flexibility index (Phi) is 5.62. The van der Waals surface area contributed by atoms with Gasteiger partial charge in [0.05, 0.1) is 6.61 Å². The van der Waals surface area contributed by atoms with Crippen molar-refractivity contribution in [1.29, 1.82) is 0 Å². The lowest BCUT2D eigenvalue weighted by molar-refractivity contribution is 0.0965. The first kappa shape index (κ1) is 15.7. The van der Waals surface area contributed by atoms with E-state index in [1.54, 1.807) is 11.3 Å². The molecule has 2 heterocycles. The lowest BCUT2D eigenvalue weighted by Gasteiger charge is -2.27. The van der Waals surface area contributed by atoms with E-state index in [1.165, 1.54) is 5.56 Å². The highest BCUT2D eigenvalue weighted by Crippen LogP contribution is 2.22. The van der Waals surface area contributed by atoms with Gasteiger partial charge in [-0.05, 0) is 29.3 Å². The Labute approximate surface area is 136 Å². The standard InChI is InChI=1S/C18H23NO2S/c20-17(18-7-4-10-22-18)13-19(12-16-8-9-21-14-16)11-15-5-2-1-3-6-15/h1-7,10,16-17,20H,8-9,11-14H2/t16-,17-/m0/s1. The quantitative estimate of drug-likeness (QED) is 0.850. The molecule has 0 aliphatic carbocycles. The number of aliphatic hydroxyl groups excluding tert-OH is 1. The molecule has 1 fully saturated rings.